The number of nitrogens with zero attached hydrogens (tertiary/aromatic N) is 1. The van der Waals surface area contributed by atoms with E-state index in [1.165, 1.54) is 11.1 Å². The summed E-state index contributed by atoms with van der Waals surface area (Å²) < 4.78 is 0. The molecule has 0 spiro atoms. The molecule has 19 heavy (non-hydrogen) atoms. The Balaban J connectivity index is 2.33. The van der Waals surface area contributed by atoms with Crippen molar-refractivity contribution in [1.82, 2.24) is 14.9 Å². The number of imidazole rings is 1. The summed E-state index contributed by atoms with van der Waals surface area (Å²) in [5.74, 6) is -1.48. The SMILES string of the molecule is CC1(C)CCCN(C(=O)c2c[nH]c(=O)[nH]2)C1C(=O)O. The lowest BCUT2D eigenvalue weighted by atomic mass is 9.76. The zero-order chi connectivity index (χ0) is 14.2. The molecule has 1 saturated heterocycles. The van der Waals surface area contributed by atoms with Crippen LogP contribution >= 0.6 is 0 Å². The Labute approximate surface area is 109 Å². The number of aromatic amines is 2. The first-order valence-corrected chi connectivity index (χ1v) is 6.14. The van der Waals surface area contributed by atoms with Crippen LogP contribution in [0.2, 0.25) is 0 Å². The van der Waals surface area contributed by atoms with Gasteiger partial charge in [0.25, 0.3) is 5.91 Å². The van der Waals surface area contributed by atoms with Crippen molar-refractivity contribution in [3.63, 3.8) is 0 Å². The van der Waals surface area contributed by atoms with Crippen LogP contribution in [0.4, 0.5) is 0 Å². The summed E-state index contributed by atoms with van der Waals surface area (Å²) in [6.07, 6.45) is 2.76. The Morgan fingerprint density at radius 2 is 2.16 bits per heavy atom. The number of likely N-dealkylation sites (tertiary alicyclic amines) is 1. The highest BCUT2D eigenvalue weighted by Crippen LogP contribution is 2.35. The van der Waals surface area contributed by atoms with Gasteiger partial charge in [0.1, 0.15) is 11.7 Å². The van der Waals surface area contributed by atoms with Crippen LogP contribution in [0.3, 0.4) is 0 Å². The van der Waals surface area contributed by atoms with Crippen molar-refractivity contribution in [3.8, 4) is 0 Å². The molecule has 1 atom stereocenters. The Bertz CT molecular complexity index is 557. The van der Waals surface area contributed by atoms with Crippen molar-refractivity contribution in [3.05, 3.63) is 22.4 Å². The summed E-state index contributed by atoms with van der Waals surface area (Å²) in [7, 11) is 0. The second-order valence-corrected chi connectivity index (χ2v) is 5.49. The van der Waals surface area contributed by atoms with Gasteiger partial charge in [-0.1, -0.05) is 13.8 Å². The largest absolute Gasteiger partial charge is 0.480 e. The van der Waals surface area contributed by atoms with Crippen molar-refractivity contribution in [2.75, 3.05) is 6.54 Å². The van der Waals surface area contributed by atoms with E-state index in [1.807, 2.05) is 13.8 Å². The van der Waals surface area contributed by atoms with Crippen LogP contribution in [0, 0.1) is 5.41 Å². The molecule has 7 nitrogen and oxygen atoms in total. The minimum absolute atomic E-state index is 0.0916. The summed E-state index contributed by atoms with van der Waals surface area (Å²) in [6.45, 7) is 4.06. The van der Waals surface area contributed by atoms with Crippen LogP contribution in [0.1, 0.15) is 37.2 Å². The molecule has 0 aromatic carbocycles. The number of aromatic nitrogens is 2. The molecule has 7 heteroatoms. The number of rotatable bonds is 2. The molecule has 104 valence electrons. The van der Waals surface area contributed by atoms with Crippen molar-refractivity contribution < 1.29 is 14.7 Å². The number of hydrogen-bond donors (Lipinski definition) is 3. The maximum Gasteiger partial charge on any atom is 0.326 e. The Hall–Kier alpha value is -2.05. The minimum Gasteiger partial charge on any atom is -0.480 e. The number of carbonyl (C=O) groups is 2. The first-order chi connectivity index (χ1) is 8.83. The number of hydrogen-bond acceptors (Lipinski definition) is 3. The first kappa shape index (κ1) is 13.4. The fourth-order valence-electron chi connectivity index (χ4n) is 2.68. The summed E-state index contributed by atoms with van der Waals surface area (Å²) in [5.41, 5.74) is -0.878. The zero-order valence-corrected chi connectivity index (χ0v) is 10.9. The number of piperidine rings is 1. The third-order valence-electron chi connectivity index (χ3n) is 3.59. The number of H-pyrrole nitrogens is 2. The van der Waals surface area contributed by atoms with Crippen molar-refractivity contribution in [1.29, 1.82) is 0 Å². The smallest absolute Gasteiger partial charge is 0.326 e. The topological polar surface area (TPSA) is 106 Å². The van der Waals surface area contributed by atoms with Crippen LogP contribution in [-0.4, -0.2) is 44.4 Å². The van der Waals surface area contributed by atoms with Gasteiger partial charge in [0, 0.05) is 12.7 Å². The summed E-state index contributed by atoms with van der Waals surface area (Å²) in [4.78, 5) is 40.8. The lowest BCUT2D eigenvalue weighted by molar-refractivity contribution is -0.148. The van der Waals surface area contributed by atoms with Gasteiger partial charge in [-0.25, -0.2) is 9.59 Å². The minimum atomic E-state index is -1.02. The van der Waals surface area contributed by atoms with E-state index >= 15 is 0 Å². The second kappa shape index (κ2) is 4.56. The van der Waals surface area contributed by atoms with Crippen LogP contribution in [0.25, 0.3) is 0 Å². The van der Waals surface area contributed by atoms with Gasteiger partial charge < -0.3 is 20.0 Å². The fourth-order valence-corrected chi connectivity index (χ4v) is 2.68. The number of carbonyl (C=O) groups excluding carboxylic acids is 1. The fraction of sp³-hybridized carbons (Fsp3) is 0.583. The predicted molar refractivity (Wildman–Crippen MR) is 66.9 cm³/mol. The van der Waals surface area contributed by atoms with Crippen molar-refractivity contribution >= 4 is 11.9 Å². The Kier molecular flexibility index (Phi) is 3.21. The van der Waals surface area contributed by atoms with Crippen LogP contribution in [0.15, 0.2) is 11.0 Å². The summed E-state index contributed by atoms with van der Waals surface area (Å²) in [6, 6.07) is -0.882. The molecule has 1 aliphatic rings. The van der Waals surface area contributed by atoms with Crippen LogP contribution in [0.5, 0.6) is 0 Å². The van der Waals surface area contributed by atoms with Crippen LogP contribution in [-0.2, 0) is 4.79 Å². The van der Waals surface area contributed by atoms with Gasteiger partial charge in [0.2, 0.25) is 0 Å². The Morgan fingerprint density at radius 3 is 2.68 bits per heavy atom. The molecule has 1 unspecified atom stereocenters. The van der Waals surface area contributed by atoms with E-state index in [0.29, 0.717) is 6.54 Å². The predicted octanol–water partition coefficient (Wildman–Crippen LogP) is 0.418. The molecule has 1 fully saturated rings. The second-order valence-electron chi connectivity index (χ2n) is 5.49. The molecule has 2 rings (SSSR count). The van der Waals surface area contributed by atoms with Gasteiger partial charge in [0.15, 0.2) is 0 Å². The first-order valence-electron chi connectivity index (χ1n) is 6.14. The average molecular weight is 267 g/mol. The van der Waals surface area contributed by atoms with Gasteiger partial charge in [-0.3, -0.25) is 4.79 Å². The van der Waals surface area contributed by atoms with Gasteiger partial charge in [-0.15, -0.1) is 0 Å². The molecule has 0 saturated carbocycles. The normalized spacial score (nSPS) is 22.2. The molecule has 3 N–H and O–H groups in total. The van der Waals surface area contributed by atoms with E-state index in [4.69, 9.17) is 0 Å². The monoisotopic (exact) mass is 267 g/mol. The molecule has 1 aliphatic heterocycles. The van der Waals surface area contributed by atoms with Crippen LogP contribution < -0.4 is 5.69 Å². The summed E-state index contributed by atoms with van der Waals surface area (Å²) in [5, 5.41) is 9.37. The highest BCUT2D eigenvalue weighted by Gasteiger charge is 2.44. The third kappa shape index (κ3) is 2.40. The molecule has 1 aromatic heterocycles. The molecule has 2 heterocycles. The standard InChI is InChI=1S/C12H17N3O4/c1-12(2)4-3-5-15(8(12)10(17)18)9(16)7-6-13-11(19)14-7/h6,8H,3-5H2,1-2H3,(H,17,18)(H2,13,14,19). The van der Waals surface area contributed by atoms with Gasteiger partial charge >= 0.3 is 11.7 Å². The number of nitrogens with one attached hydrogen (secondary N) is 2. The van der Waals surface area contributed by atoms with E-state index in [0.717, 1.165) is 12.8 Å². The maximum absolute atomic E-state index is 12.3. The summed E-state index contributed by atoms with van der Waals surface area (Å²) >= 11 is 0. The highest BCUT2D eigenvalue weighted by molar-refractivity contribution is 5.95. The van der Waals surface area contributed by atoms with Gasteiger partial charge in [-0.2, -0.15) is 0 Å². The highest BCUT2D eigenvalue weighted by atomic mass is 16.4. The average Bonchev–Trinajstić information content (AvgIpc) is 2.72. The van der Waals surface area contributed by atoms with Gasteiger partial charge in [0.05, 0.1) is 0 Å². The number of carboxylic acids is 1. The van der Waals surface area contributed by atoms with E-state index < -0.39 is 29.0 Å². The van der Waals surface area contributed by atoms with Crippen molar-refractivity contribution in [2.45, 2.75) is 32.7 Å². The number of amides is 1. The number of carboxylic acid groups (broad SMARTS) is 1. The maximum atomic E-state index is 12.3. The molecule has 0 bridgehead atoms. The zero-order valence-electron chi connectivity index (χ0n) is 10.9. The molecule has 1 aromatic rings. The molecular weight excluding hydrogens is 250 g/mol. The lowest BCUT2D eigenvalue weighted by Gasteiger charge is -2.43. The number of aliphatic carboxylic acids is 1. The van der Waals surface area contributed by atoms with Gasteiger partial charge in [-0.05, 0) is 18.3 Å². The third-order valence-corrected chi connectivity index (χ3v) is 3.59. The quantitative estimate of drug-likeness (QED) is 0.721. The van der Waals surface area contributed by atoms with E-state index in [-0.39, 0.29) is 5.69 Å². The molecule has 0 radical (unpaired) electrons. The lowest BCUT2D eigenvalue weighted by Crippen LogP contribution is -2.56. The Morgan fingerprint density at radius 1 is 1.47 bits per heavy atom. The van der Waals surface area contributed by atoms with E-state index in [2.05, 4.69) is 9.97 Å². The van der Waals surface area contributed by atoms with E-state index in [1.54, 1.807) is 0 Å². The molecule has 0 aliphatic carbocycles. The molecular formula is C12H17N3O4. The molecule has 1 amide bonds. The van der Waals surface area contributed by atoms with Crippen molar-refractivity contribution in [2.24, 2.45) is 5.41 Å². The van der Waals surface area contributed by atoms with E-state index in [9.17, 15) is 19.5 Å².